The first-order valence-corrected chi connectivity index (χ1v) is 10.5. The first-order chi connectivity index (χ1) is 15.4. The van der Waals surface area contributed by atoms with Crippen LogP contribution in [-0.4, -0.2) is 35.1 Å². The second-order valence-electron chi connectivity index (χ2n) is 7.21. The number of nitrogens with one attached hydrogen (secondary N) is 2. The molecule has 1 amide bonds. The molecule has 4 rings (SSSR count). The first-order valence-electron chi connectivity index (χ1n) is 9.72. The normalized spacial score (nSPS) is 17.4. The quantitative estimate of drug-likeness (QED) is 0.367. The van der Waals surface area contributed by atoms with Crippen LogP contribution in [0.1, 0.15) is 12.8 Å². The zero-order valence-electron chi connectivity index (χ0n) is 17.0. The highest BCUT2D eigenvalue weighted by Crippen LogP contribution is 2.39. The van der Waals surface area contributed by atoms with E-state index < -0.39 is 5.82 Å². The lowest BCUT2D eigenvalue weighted by Crippen LogP contribution is -2.48. The molecule has 1 aliphatic carbocycles. The summed E-state index contributed by atoms with van der Waals surface area (Å²) in [5.74, 6) is 0.655. The molecule has 1 aromatic heterocycles. The van der Waals surface area contributed by atoms with Gasteiger partial charge in [0.15, 0.2) is 11.5 Å². The van der Waals surface area contributed by atoms with E-state index in [1.54, 1.807) is 19.2 Å². The maximum Gasteiger partial charge on any atom is 0.243 e. The summed E-state index contributed by atoms with van der Waals surface area (Å²) in [6.07, 6.45) is 3.89. The Morgan fingerprint density at radius 1 is 1.22 bits per heavy atom. The molecule has 1 heterocycles. The van der Waals surface area contributed by atoms with Crippen LogP contribution in [0.15, 0.2) is 43.2 Å². The number of fused-ring (bicyclic) bond motifs is 1. The zero-order chi connectivity index (χ0) is 22.8. The van der Waals surface area contributed by atoms with Gasteiger partial charge in [-0.1, -0.05) is 29.8 Å². The van der Waals surface area contributed by atoms with Gasteiger partial charge in [-0.05, 0) is 24.3 Å². The molecule has 1 fully saturated rings. The van der Waals surface area contributed by atoms with Crippen LogP contribution < -0.4 is 20.1 Å². The Labute approximate surface area is 193 Å². The third-order valence-corrected chi connectivity index (χ3v) is 5.99. The lowest BCUT2D eigenvalue weighted by Gasteiger charge is -2.35. The number of anilines is 2. The van der Waals surface area contributed by atoms with Gasteiger partial charge in [0.05, 0.1) is 28.4 Å². The highest BCUT2D eigenvalue weighted by molar-refractivity contribution is 6.43. The number of aromatic nitrogens is 2. The summed E-state index contributed by atoms with van der Waals surface area (Å²) >= 11 is 12.1. The summed E-state index contributed by atoms with van der Waals surface area (Å²) in [5, 5.41) is 6.44. The average molecular weight is 477 g/mol. The first kappa shape index (κ1) is 22.1. The minimum atomic E-state index is -0.613. The fourth-order valence-electron chi connectivity index (χ4n) is 3.38. The summed E-state index contributed by atoms with van der Waals surface area (Å²) in [4.78, 5) is 20.0. The molecule has 1 aliphatic rings. The Bertz CT molecular complexity index is 1200. The van der Waals surface area contributed by atoms with E-state index in [1.165, 1.54) is 24.5 Å². The largest absolute Gasteiger partial charge is 0.493 e. The third kappa shape index (κ3) is 4.42. The van der Waals surface area contributed by atoms with Crippen molar-refractivity contribution in [1.82, 2.24) is 15.3 Å². The minimum absolute atomic E-state index is 0.0443. The van der Waals surface area contributed by atoms with Crippen molar-refractivity contribution in [1.29, 1.82) is 0 Å². The van der Waals surface area contributed by atoms with Crippen LogP contribution in [0, 0.1) is 5.82 Å². The van der Waals surface area contributed by atoms with Crippen LogP contribution in [0.3, 0.4) is 0 Å². The topological polar surface area (TPSA) is 85.4 Å². The molecular formula is C22H19Cl2FN4O3. The minimum Gasteiger partial charge on any atom is -0.493 e. The van der Waals surface area contributed by atoms with E-state index in [9.17, 15) is 9.18 Å². The van der Waals surface area contributed by atoms with Crippen molar-refractivity contribution in [3.8, 4) is 11.5 Å². The maximum absolute atomic E-state index is 13.6. The second-order valence-corrected chi connectivity index (χ2v) is 7.97. The number of carbonyl (C=O) groups is 1. The molecule has 0 unspecified atom stereocenters. The Hall–Kier alpha value is -3.10. The van der Waals surface area contributed by atoms with E-state index in [0.29, 0.717) is 46.7 Å². The number of halogens is 3. The molecule has 0 saturated heterocycles. The van der Waals surface area contributed by atoms with Gasteiger partial charge >= 0.3 is 0 Å². The highest BCUT2D eigenvalue weighted by Gasteiger charge is 2.32. The van der Waals surface area contributed by atoms with Crippen molar-refractivity contribution >= 4 is 51.5 Å². The Morgan fingerprint density at radius 2 is 2.00 bits per heavy atom. The summed E-state index contributed by atoms with van der Waals surface area (Å²) in [7, 11) is 1.54. The average Bonchev–Trinajstić information content (AvgIpc) is 2.77. The lowest BCUT2D eigenvalue weighted by molar-refractivity contribution is -0.118. The van der Waals surface area contributed by atoms with Crippen molar-refractivity contribution in [2.24, 2.45) is 0 Å². The predicted molar refractivity (Wildman–Crippen MR) is 122 cm³/mol. The highest BCUT2D eigenvalue weighted by atomic mass is 35.5. The van der Waals surface area contributed by atoms with E-state index in [-0.39, 0.29) is 28.1 Å². The molecule has 2 aromatic carbocycles. The van der Waals surface area contributed by atoms with E-state index in [0.717, 1.165) is 0 Å². The van der Waals surface area contributed by atoms with Crippen LogP contribution in [0.4, 0.5) is 15.9 Å². The van der Waals surface area contributed by atoms with Gasteiger partial charge in [0.25, 0.3) is 0 Å². The van der Waals surface area contributed by atoms with Crippen molar-refractivity contribution in [3.05, 3.63) is 59.1 Å². The van der Waals surface area contributed by atoms with Gasteiger partial charge in [0, 0.05) is 30.3 Å². The number of nitrogens with zero attached hydrogens (tertiary/aromatic N) is 2. The molecule has 3 aromatic rings. The number of benzene rings is 2. The standard InChI is InChI=1S/C22H19Cl2FN4O3/c1-3-19(30)28-11-6-12(7-11)32-18-8-13-16(9-17(18)31-2)26-10-27-22(13)29-15-5-4-14(25)20(23)21(15)24/h3-5,8-12H,1,6-7H2,2H3,(H,28,30)(H,26,27,29). The van der Waals surface area contributed by atoms with Crippen molar-refractivity contribution in [3.63, 3.8) is 0 Å². The molecule has 10 heteroatoms. The van der Waals surface area contributed by atoms with E-state index in [4.69, 9.17) is 32.7 Å². The number of methoxy groups -OCH3 is 1. The number of amides is 1. The van der Waals surface area contributed by atoms with E-state index >= 15 is 0 Å². The fraction of sp³-hybridized carbons (Fsp3) is 0.227. The van der Waals surface area contributed by atoms with Crippen molar-refractivity contribution in [2.45, 2.75) is 25.0 Å². The van der Waals surface area contributed by atoms with Crippen LogP contribution in [-0.2, 0) is 4.79 Å². The molecule has 7 nitrogen and oxygen atoms in total. The van der Waals surface area contributed by atoms with E-state index in [1.807, 2.05) is 0 Å². The molecule has 166 valence electrons. The summed E-state index contributed by atoms with van der Waals surface area (Å²) in [6, 6.07) is 6.25. The molecule has 0 aliphatic heterocycles. The second kappa shape index (κ2) is 9.18. The smallest absolute Gasteiger partial charge is 0.243 e. The van der Waals surface area contributed by atoms with Gasteiger partial charge in [0.1, 0.15) is 24.1 Å². The Kier molecular flexibility index (Phi) is 6.34. The molecular weight excluding hydrogens is 458 g/mol. The predicted octanol–water partition coefficient (Wildman–Crippen LogP) is 5.04. The van der Waals surface area contributed by atoms with Crippen LogP contribution in [0.5, 0.6) is 11.5 Å². The molecule has 0 radical (unpaired) electrons. The monoisotopic (exact) mass is 476 g/mol. The molecule has 0 bridgehead atoms. The number of hydrogen-bond donors (Lipinski definition) is 2. The molecule has 32 heavy (non-hydrogen) atoms. The van der Waals surface area contributed by atoms with Crippen LogP contribution in [0.25, 0.3) is 10.9 Å². The van der Waals surface area contributed by atoms with Gasteiger partial charge in [0.2, 0.25) is 5.91 Å². The SMILES string of the molecule is C=CC(=O)NC1CC(Oc2cc3c(Nc4ccc(F)c(Cl)c4Cl)ncnc3cc2OC)C1. The van der Waals surface area contributed by atoms with Gasteiger partial charge in [-0.25, -0.2) is 14.4 Å². The number of rotatable bonds is 7. The Balaban J connectivity index is 1.60. The van der Waals surface area contributed by atoms with Crippen LogP contribution in [0.2, 0.25) is 10.0 Å². The van der Waals surface area contributed by atoms with Crippen molar-refractivity contribution in [2.75, 3.05) is 12.4 Å². The van der Waals surface area contributed by atoms with Crippen LogP contribution >= 0.6 is 23.2 Å². The maximum atomic E-state index is 13.6. The van der Waals surface area contributed by atoms with Gasteiger partial charge in [-0.2, -0.15) is 0 Å². The molecule has 0 atom stereocenters. The summed E-state index contributed by atoms with van der Waals surface area (Å²) in [5.41, 5.74) is 1.01. The third-order valence-electron chi connectivity index (χ3n) is 5.13. The number of ether oxygens (including phenoxy) is 2. The van der Waals surface area contributed by atoms with Gasteiger partial charge in [-0.15, -0.1) is 0 Å². The summed E-state index contributed by atoms with van der Waals surface area (Å²) < 4.78 is 25.2. The summed E-state index contributed by atoms with van der Waals surface area (Å²) in [6.45, 7) is 3.45. The fourth-order valence-corrected chi connectivity index (χ4v) is 3.75. The zero-order valence-corrected chi connectivity index (χ0v) is 18.5. The lowest BCUT2D eigenvalue weighted by atomic mass is 9.89. The molecule has 1 saturated carbocycles. The Morgan fingerprint density at radius 3 is 2.72 bits per heavy atom. The van der Waals surface area contributed by atoms with Gasteiger partial charge in [-0.3, -0.25) is 4.79 Å². The number of carbonyl (C=O) groups excluding carboxylic acids is 1. The van der Waals surface area contributed by atoms with Gasteiger partial charge < -0.3 is 20.1 Å². The van der Waals surface area contributed by atoms with E-state index in [2.05, 4.69) is 27.2 Å². The van der Waals surface area contributed by atoms with Crippen molar-refractivity contribution < 1.29 is 18.7 Å². The number of hydrogen-bond acceptors (Lipinski definition) is 6. The molecule has 0 spiro atoms. The molecule has 2 N–H and O–H groups in total.